The standard InChI is InChI=1S/C13H13N5OS2/c19-12(14-4-3-11-15-8-16-18-11)6-9-7-21-13(17-9)10-2-1-5-20-10/h1-2,5,7-8H,3-4,6H2,(H,14,19)(H,15,16,18). The van der Waals surface area contributed by atoms with E-state index in [1.807, 2.05) is 22.9 Å². The molecule has 21 heavy (non-hydrogen) atoms. The highest BCUT2D eigenvalue weighted by atomic mass is 32.1. The summed E-state index contributed by atoms with van der Waals surface area (Å²) in [6.07, 6.45) is 2.40. The first-order chi connectivity index (χ1) is 10.3. The molecule has 0 spiro atoms. The number of H-pyrrole nitrogens is 1. The number of nitrogens with zero attached hydrogens (tertiary/aromatic N) is 3. The Morgan fingerprint density at radius 1 is 1.38 bits per heavy atom. The van der Waals surface area contributed by atoms with Crippen molar-refractivity contribution in [1.29, 1.82) is 0 Å². The van der Waals surface area contributed by atoms with Crippen LogP contribution in [-0.2, 0) is 17.6 Å². The normalized spacial score (nSPS) is 10.7. The number of aromatic amines is 1. The first-order valence-electron chi connectivity index (χ1n) is 6.40. The van der Waals surface area contributed by atoms with Crippen LogP contribution < -0.4 is 5.32 Å². The van der Waals surface area contributed by atoms with Crippen LogP contribution in [0.1, 0.15) is 11.5 Å². The molecule has 0 radical (unpaired) electrons. The van der Waals surface area contributed by atoms with Crippen LogP contribution in [-0.4, -0.2) is 32.6 Å². The van der Waals surface area contributed by atoms with Crippen molar-refractivity contribution in [3.05, 3.63) is 40.7 Å². The summed E-state index contributed by atoms with van der Waals surface area (Å²) in [4.78, 5) is 21.5. The molecule has 3 rings (SSSR count). The fraction of sp³-hybridized carbons (Fsp3) is 0.231. The lowest BCUT2D eigenvalue weighted by atomic mass is 10.3. The Labute approximate surface area is 129 Å². The lowest BCUT2D eigenvalue weighted by Crippen LogP contribution is -2.27. The smallest absolute Gasteiger partial charge is 0.226 e. The van der Waals surface area contributed by atoms with Gasteiger partial charge in [0.1, 0.15) is 17.2 Å². The topological polar surface area (TPSA) is 83.6 Å². The van der Waals surface area contributed by atoms with Gasteiger partial charge in [0.05, 0.1) is 17.0 Å². The molecule has 3 aromatic heterocycles. The molecule has 0 aliphatic heterocycles. The number of aromatic nitrogens is 4. The van der Waals surface area contributed by atoms with Gasteiger partial charge in [-0.05, 0) is 11.4 Å². The third-order valence-corrected chi connectivity index (χ3v) is 4.70. The summed E-state index contributed by atoms with van der Waals surface area (Å²) in [5.41, 5.74) is 0.806. The molecule has 0 bridgehead atoms. The fourth-order valence-corrected chi connectivity index (χ4v) is 3.43. The summed E-state index contributed by atoms with van der Waals surface area (Å²) in [7, 11) is 0. The molecule has 6 nitrogen and oxygen atoms in total. The quantitative estimate of drug-likeness (QED) is 0.727. The number of nitrogens with one attached hydrogen (secondary N) is 2. The van der Waals surface area contributed by atoms with Gasteiger partial charge in [0.15, 0.2) is 0 Å². The van der Waals surface area contributed by atoms with E-state index in [1.54, 1.807) is 22.7 Å². The first-order valence-corrected chi connectivity index (χ1v) is 8.16. The minimum atomic E-state index is -0.0301. The van der Waals surface area contributed by atoms with E-state index in [2.05, 4.69) is 25.5 Å². The maximum absolute atomic E-state index is 11.8. The van der Waals surface area contributed by atoms with Gasteiger partial charge >= 0.3 is 0 Å². The molecule has 0 aromatic carbocycles. The van der Waals surface area contributed by atoms with Crippen molar-refractivity contribution in [3.8, 4) is 9.88 Å². The summed E-state index contributed by atoms with van der Waals surface area (Å²) >= 11 is 3.22. The molecule has 0 saturated heterocycles. The Hall–Kier alpha value is -2.06. The Balaban J connectivity index is 1.48. The molecule has 108 valence electrons. The summed E-state index contributed by atoms with van der Waals surface area (Å²) in [6.45, 7) is 0.538. The number of hydrogen-bond donors (Lipinski definition) is 2. The van der Waals surface area contributed by atoms with Crippen molar-refractivity contribution in [2.24, 2.45) is 0 Å². The number of thiazole rings is 1. The van der Waals surface area contributed by atoms with Gasteiger partial charge < -0.3 is 5.32 Å². The summed E-state index contributed by atoms with van der Waals surface area (Å²) in [5, 5.41) is 14.3. The second kappa shape index (κ2) is 6.59. The average molecular weight is 319 g/mol. The van der Waals surface area contributed by atoms with Crippen molar-refractivity contribution in [3.63, 3.8) is 0 Å². The van der Waals surface area contributed by atoms with E-state index in [-0.39, 0.29) is 5.91 Å². The van der Waals surface area contributed by atoms with Gasteiger partial charge in [-0.15, -0.1) is 22.7 Å². The van der Waals surface area contributed by atoms with Crippen LogP contribution >= 0.6 is 22.7 Å². The largest absolute Gasteiger partial charge is 0.355 e. The lowest BCUT2D eigenvalue weighted by molar-refractivity contribution is -0.120. The molecule has 3 aromatic rings. The number of hydrogen-bond acceptors (Lipinski definition) is 6. The molecule has 3 heterocycles. The number of thiophene rings is 1. The molecule has 2 N–H and O–H groups in total. The third-order valence-electron chi connectivity index (χ3n) is 2.77. The Bertz CT molecular complexity index is 690. The van der Waals surface area contributed by atoms with Crippen molar-refractivity contribution < 1.29 is 4.79 Å². The highest BCUT2D eigenvalue weighted by Gasteiger charge is 2.09. The van der Waals surface area contributed by atoms with Crippen molar-refractivity contribution in [2.75, 3.05) is 6.54 Å². The SMILES string of the molecule is O=C(Cc1csc(-c2cccs2)n1)NCCc1ncn[nH]1. The van der Waals surface area contributed by atoms with Crippen LogP contribution in [0, 0.1) is 0 Å². The van der Waals surface area contributed by atoms with Gasteiger partial charge in [-0.3, -0.25) is 9.89 Å². The van der Waals surface area contributed by atoms with Crippen LogP contribution in [0.5, 0.6) is 0 Å². The van der Waals surface area contributed by atoms with E-state index in [1.165, 1.54) is 6.33 Å². The van der Waals surface area contributed by atoms with Gasteiger partial charge in [0, 0.05) is 18.3 Å². The average Bonchev–Trinajstić information content (AvgIpc) is 3.21. The van der Waals surface area contributed by atoms with Crippen LogP contribution in [0.4, 0.5) is 0 Å². The molecule has 0 fully saturated rings. The van der Waals surface area contributed by atoms with Gasteiger partial charge in [-0.2, -0.15) is 5.10 Å². The van der Waals surface area contributed by atoms with E-state index in [9.17, 15) is 4.79 Å². The summed E-state index contributed by atoms with van der Waals surface area (Å²) in [6, 6.07) is 4.03. The van der Waals surface area contributed by atoms with E-state index in [4.69, 9.17) is 0 Å². The fourth-order valence-electron chi connectivity index (χ4n) is 1.80. The predicted octanol–water partition coefficient (Wildman–Crippen LogP) is 1.89. The summed E-state index contributed by atoms with van der Waals surface area (Å²) < 4.78 is 0. The van der Waals surface area contributed by atoms with Crippen molar-refractivity contribution in [1.82, 2.24) is 25.5 Å². The molecule has 0 unspecified atom stereocenters. The highest BCUT2D eigenvalue weighted by Crippen LogP contribution is 2.27. The van der Waals surface area contributed by atoms with Crippen molar-refractivity contribution in [2.45, 2.75) is 12.8 Å². The predicted molar refractivity (Wildman–Crippen MR) is 82.2 cm³/mol. The second-order valence-electron chi connectivity index (χ2n) is 4.33. The van der Waals surface area contributed by atoms with Gasteiger partial charge in [0.2, 0.25) is 5.91 Å². The molecule has 8 heteroatoms. The number of amides is 1. The van der Waals surface area contributed by atoms with Gasteiger partial charge in [0.25, 0.3) is 0 Å². The second-order valence-corrected chi connectivity index (χ2v) is 6.14. The molecular weight excluding hydrogens is 306 g/mol. The Kier molecular flexibility index (Phi) is 4.37. The number of carbonyl (C=O) groups excluding carboxylic acids is 1. The molecule has 0 aliphatic rings. The van der Waals surface area contributed by atoms with E-state index < -0.39 is 0 Å². The van der Waals surface area contributed by atoms with Crippen LogP contribution in [0.15, 0.2) is 29.2 Å². The zero-order valence-electron chi connectivity index (χ0n) is 11.1. The van der Waals surface area contributed by atoms with Crippen molar-refractivity contribution >= 4 is 28.6 Å². The van der Waals surface area contributed by atoms with Gasteiger partial charge in [-0.25, -0.2) is 9.97 Å². The minimum absolute atomic E-state index is 0.0301. The van der Waals surface area contributed by atoms with E-state index in [0.717, 1.165) is 21.4 Å². The molecule has 1 amide bonds. The molecule has 0 saturated carbocycles. The molecule has 0 atom stereocenters. The monoisotopic (exact) mass is 319 g/mol. The Morgan fingerprint density at radius 2 is 2.33 bits per heavy atom. The van der Waals surface area contributed by atoms with E-state index in [0.29, 0.717) is 19.4 Å². The van der Waals surface area contributed by atoms with Gasteiger partial charge in [-0.1, -0.05) is 6.07 Å². The summed E-state index contributed by atoms with van der Waals surface area (Å²) in [5.74, 6) is 0.737. The van der Waals surface area contributed by atoms with Crippen LogP contribution in [0.25, 0.3) is 9.88 Å². The highest BCUT2D eigenvalue weighted by molar-refractivity contribution is 7.20. The maximum Gasteiger partial charge on any atom is 0.226 e. The third kappa shape index (κ3) is 3.73. The zero-order chi connectivity index (χ0) is 14.5. The number of rotatable bonds is 6. The van der Waals surface area contributed by atoms with Crippen LogP contribution in [0.3, 0.4) is 0 Å². The minimum Gasteiger partial charge on any atom is -0.355 e. The zero-order valence-corrected chi connectivity index (χ0v) is 12.7. The molecular formula is C13H13N5OS2. The maximum atomic E-state index is 11.8. The molecule has 0 aliphatic carbocycles. The lowest BCUT2D eigenvalue weighted by Gasteiger charge is -2.01. The van der Waals surface area contributed by atoms with E-state index >= 15 is 0 Å². The number of carbonyl (C=O) groups is 1. The Morgan fingerprint density at radius 3 is 3.10 bits per heavy atom. The van der Waals surface area contributed by atoms with Crippen LogP contribution in [0.2, 0.25) is 0 Å². The first kappa shape index (κ1) is 13.9.